The van der Waals surface area contributed by atoms with Crippen molar-refractivity contribution in [1.82, 2.24) is 5.32 Å². The second kappa shape index (κ2) is 6.18. The van der Waals surface area contributed by atoms with Crippen molar-refractivity contribution in [2.24, 2.45) is 5.73 Å². The fraction of sp³-hybridized carbons (Fsp3) is 0.909. The maximum atomic E-state index is 11.2. The van der Waals surface area contributed by atoms with Crippen molar-refractivity contribution in [1.29, 1.82) is 0 Å². The molecule has 0 saturated carbocycles. The van der Waals surface area contributed by atoms with E-state index in [9.17, 15) is 4.79 Å². The summed E-state index contributed by atoms with van der Waals surface area (Å²) >= 11 is 0. The zero-order valence-corrected chi connectivity index (χ0v) is 10.1. The van der Waals surface area contributed by atoms with Gasteiger partial charge < -0.3 is 20.5 Å². The van der Waals surface area contributed by atoms with Crippen LogP contribution in [0.5, 0.6) is 0 Å². The third kappa shape index (κ3) is 3.73. The molecule has 0 aromatic carbocycles. The van der Waals surface area contributed by atoms with E-state index in [1.54, 1.807) is 7.05 Å². The molecule has 16 heavy (non-hydrogen) atoms. The van der Waals surface area contributed by atoms with Crippen LogP contribution in [-0.4, -0.2) is 44.4 Å². The number of hydrogen-bond donors (Lipinski definition) is 2. The van der Waals surface area contributed by atoms with E-state index < -0.39 is 5.54 Å². The Morgan fingerprint density at radius 3 is 2.69 bits per heavy atom. The van der Waals surface area contributed by atoms with E-state index in [4.69, 9.17) is 15.2 Å². The van der Waals surface area contributed by atoms with Crippen LogP contribution < -0.4 is 11.1 Å². The van der Waals surface area contributed by atoms with Gasteiger partial charge in [-0.25, -0.2) is 0 Å². The van der Waals surface area contributed by atoms with Crippen molar-refractivity contribution in [2.45, 2.75) is 37.8 Å². The first-order chi connectivity index (χ1) is 7.58. The number of nitrogens with one attached hydrogen (secondary N) is 1. The van der Waals surface area contributed by atoms with Crippen molar-refractivity contribution in [3.8, 4) is 0 Å². The number of primary amides is 1. The SMILES string of the molecule is CNC(C)(CCCCOC1COC1)C(N)=O. The number of unbranched alkanes of at least 4 members (excludes halogenated alkanes) is 1. The predicted octanol–water partition coefficient (Wildman–Crippen LogP) is 0.0355. The minimum absolute atomic E-state index is 0.284. The van der Waals surface area contributed by atoms with Gasteiger partial charge in [-0.3, -0.25) is 4.79 Å². The molecule has 0 aromatic heterocycles. The molecule has 0 aliphatic carbocycles. The van der Waals surface area contributed by atoms with Crippen LogP contribution in [0.3, 0.4) is 0 Å². The molecule has 1 aliphatic heterocycles. The molecule has 1 heterocycles. The molecule has 5 heteroatoms. The van der Waals surface area contributed by atoms with E-state index >= 15 is 0 Å². The van der Waals surface area contributed by atoms with E-state index in [0.29, 0.717) is 0 Å². The topological polar surface area (TPSA) is 73.6 Å². The molecular formula is C11H22N2O3. The maximum Gasteiger partial charge on any atom is 0.237 e. The summed E-state index contributed by atoms with van der Waals surface area (Å²) in [4.78, 5) is 11.2. The summed E-state index contributed by atoms with van der Waals surface area (Å²) in [6, 6.07) is 0. The lowest BCUT2D eigenvalue weighted by Gasteiger charge is -2.27. The minimum Gasteiger partial charge on any atom is -0.376 e. The quantitative estimate of drug-likeness (QED) is 0.577. The van der Waals surface area contributed by atoms with Gasteiger partial charge in [-0.1, -0.05) is 0 Å². The van der Waals surface area contributed by atoms with Gasteiger partial charge in [0.15, 0.2) is 0 Å². The van der Waals surface area contributed by atoms with E-state index in [-0.39, 0.29) is 12.0 Å². The molecule has 1 unspecified atom stereocenters. The molecule has 0 bridgehead atoms. The Labute approximate surface area is 96.7 Å². The largest absolute Gasteiger partial charge is 0.376 e. The van der Waals surface area contributed by atoms with Gasteiger partial charge in [0.1, 0.15) is 6.10 Å². The monoisotopic (exact) mass is 230 g/mol. The van der Waals surface area contributed by atoms with Gasteiger partial charge in [0.2, 0.25) is 5.91 Å². The van der Waals surface area contributed by atoms with Gasteiger partial charge in [0.05, 0.1) is 18.8 Å². The first-order valence-corrected chi connectivity index (χ1v) is 5.76. The molecule has 94 valence electrons. The van der Waals surface area contributed by atoms with Gasteiger partial charge in [-0.15, -0.1) is 0 Å². The Morgan fingerprint density at radius 1 is 1.56 bits per heavy atom. The molecule has 1 aliphatic rings. The van der Waals surface area contributed by atoms with Crippen LogP contribution in [0.2, 0.25) is 0 Å². The first kappa shape index (κ1) is 13.4. The predicted molar refractivity (Wildman–Crippen MR) is 61.1 cm³/mol. The van der Waals surface area contributed by atoms with Gasteiger partial charge in [0, 0.05) is 6.61 Å². The Balaban J connectivity index is 2.06. The number of carbonyl (C=O) groups excluding carboxylic acids is 1. The summed E-state index contributed by atoms with van der Waals surface area (Å²) in [6.07, 6.45) is 2.89. The van der Waals surface area contributed by atoms with Gasteiger partial charge >= 0.3 is 0 Å². The molecule has 1 atom stereocenters. The second-order valence-electron chi connectivity index (χ2n) is 4.43. The van der Waals surface area contributed by atoms with Crippen molar-refractivity contribution >= 4 is 5.91 Å². The van der Waals surface area contributed by atoms with Crippen LogP contribution in [0.1, 0.15) is 26.2 Å². The normalized spacial score (nSPS) is 20.1. The number of ether oxygens (including phenoxy) is 2. The number of hydrogen-bond acceptors (Lipinski definition) is 4. The molecule has 0 spiro atoms. The summed E-state index contributed by atoms with van der Waals surface area (Å²) in [5.41, 5.74) is 4.73. The smallest absolute Gasteiger partial charge is 0.237 e. The zero-order chi connectivity index (χ0) is 12.0. The number of amides is 1. The minimum atomic E-state index is -0.598. The third-order valence-corrected chi connectivity index (χ3v) is 3.13. The Hall–Kier alpha value is -0.650. The summed E-state index contributed by atoms with van der Waals surface area (Å²) in [7, 11) is 1.76. The zero-order valence-electron chi connectivity index (χ0n) is 10.1. The highest BCUT2D eigenvalue weighted by molar-refractivity contribution is 5.84. The number of nitrogens with two attached hydrogens (primary N) is 1. The van der Waals surface area contributed by atoms with E-state index in [2.05, 4.69) is 5.32 Å². The first-order valence-electron chi connectivity index (χ1n) is 5.76. The maximum absolute atomic E-state index is 11.2. The molecule has 1 amide bonds. The molecular weight excluding hydrogens is 208 g/mol. The van der Waals surface area contributed by atoms with Crippen molar-refractivity contribution in [3.05, 3.63) is 0 Å². The molecule has 1 fully saturated rings. The molecule has 1 saturated heterocycles. The van der Waals surface area contributed by atoms with E-state index in [1.165, 1.54) is 0 Å². The van der Waals surface area contributed by atoms with Crippen molar-refractivity contribution in [2.75, 3.05) is 26.9 Å². The van der Waals surface area contributed by atoms with Crippen LogP contribution in [-0.2, 0) is 14.3 Å². The summed E-state index contributed by atoms with van der Waals surface area (Å²) < 4.78 is 10.5. The molecule has 3 N–H and O–H groups in total. The van der Waals surface area contributed by atoms with Gasteiger partial charge in [-0.2, -0.15) is 0 Å². The molecule has 1 rings (SSSR count). The Morgan fingerprint density at radius 2 is 2.25 bits per heavy atom. The summed E-state index contributed by atoms with van der Waals surface area (Å²) in [6.45, 7) is 3.99. The lowest BCUT2D eigenvalue weighted by atomic mass is 9.94. The van der Waals surface area contributed by atoms with Gasteiger partial charge in [0.25, 0.3) is 0 Å². The third-order valence-electron chi connectivity index (χ3n) is 3.13. The number of rotatable bonds is 8. The number of carbonyl (C=O) groups is 1. The highest BCUT2D eigenvalue weighted by Crippen LogP contribution is 2.13. The van der Waals surface area contributed by atoms with E-state index in [0.717, 1.165) is 39.1 Å². The molecule has 0 aromatic rings. The van der Waals surface area contributed by atoms with Crippen LogP contribution in [0, 0.1) is 0 Å². The van der Waals surface area contributed by atoms with Crippen molar-refractivity contribution < 1.29 is 14.3 Å². The second-order valence-corrected chi connectivity index (χ2v) is 4.43. The fourth-order valence-corrected chi connectivity index (χ4v) is 1.51. The average Bonchev–Trinajstić information content (AvgIpc) is 2.19. The number of likely N-dealkylation sites (N-methyl/N-ethyl adjacent to an activating group) is 1. The van der Waals surface area contributed by atoms with Crippen LogP contribution >= 0.6 is 0 Å². The van der Waals surface area contributed by atoms with Crippen molar-refractivity contribution in [3.63, 3.8) is 0 Å². The highest BCUT2D eigenvalue weighted by Gasteiger charge is 2.28. The van der Waals surface area contributed by atoms with Crippen LogP contribution in [0.15, 0.2) is 0 Å². The molecule has 5 nitrogen and oxygen atoms in total. The van der Waals surface area contributed by atoms with Gasteiger partial charge in [-0.05, 0) is 33.2 Å². The average molecular weight is 230 g/mol. The standard InChI is InChI=1S/C11H22N2O3/c1-11(13-2,10(12)14)5-3-4-6-16-9-7-15-8-9/h9,13H,3-8H2,1-2H3,(H2,12,14). The summed E-state index contributed by atoms with van der Waals surface area (Å²) in [5, 5.41) is 2.96. The lowest BCUT2D eigenvalue weighted by molar-refractivity contribution is -0.130. The lowest BCUT2D eigenvalue weighted by Crippen LogP contribution is -2.51. The molecule has 0 radical (unpaired) electrons. The van der Waals surface area contributed by atoms with E-state index in [1.807, 2.05) is 6.92 Å². The summed E-state index contributed by atoms with van der Waals surface area (Å²) in [5.74, 6) is -0.302. The highest BCUT2D eigenvalue weighted by atomic mass is 16.6. The van der Waals surface area contributed by atoms with Crippen LogP contribution in [0.25, 0.3) is 0 Å². The van der Waals surface area contributed by atoms with Crippen LogP contribution in [0.4, 0.5) is 0 Å². The fourth-order valence-electron chi connectivity index (χ4n) is 1.51. The Bertz CT molecular complexity index is 231. The Kier molecular flexibility index (Phi) is 5.18.